The van der Waals surface area contributed by atoms with Crippen LogP contribution < -0.4 is 31.1 Å². The zero-order valence-electron chi connectivity index (χ0n) is 19.5. The van der Waals surface area contributed by atoms with Gasteiger partial charge in [0.05, 0.1) is 19.8 Å². The molecule has 4 N–H and O–H groups in total. The van der Waals surface area contributed by atoms with Crippen molar-refractivity contribution in [3.05, 3.63) is 102 Å². The summed E-state index contributed by atoms with van der Waals surface area (Å²) in [6, 6.07) is 30.4. The molecule has 4 aromatic rings. The molecule has 0 aliphatic carbocycles. The molecule has 34 heavy (non-hydrogen) atoms. The van der Waals surface area contributed by atoms with Gasteiger partial charge in [-0.05, 0) is 43.3 Å². The fourth-order valence-corrected chi connectivity index (χ4v) is 9.15. The fraction of sp³-hybridized carbons (Fsp3) is 0.143. The highest BCUT2D eigenvalue weighted by Gasteiger charge is 2.53. The minimum Gasteiger partial charge on any atom is -0.504 e. The van der Waals surface area contributed by atoms with Crippen molar-refractivity contribution >= 4 is 23.2 Å². The SMILES string of the molecule is COc1c(O)c(C)c(C(N)[P+](c2ccccc2)(c2ccccc2)c2ccccc2)c(O)c1OC. The first-order valence-electron chi connectivity index (χ1n) is 11.0. The Hall–Kier alpha value is -3.53. The number of aromatic hydroxyl groups is 2. The maximum absolute atomic E-state index is 11.4. The number of phenolic OH excluding ortho intramolecular Hbond substituents is 2. The summed E-state index contributed by atoms with van der Waals surface area (Å²) in [5.74, 6) is -0.783. The summed E-state index contributed by atoms with van der Waals surface area (Å²) in [6.45, 7) is 1.74. The van der Waals surface area contributed by atoms with Crippen LogP contribution in [0.4, 0.5) is 0 Å². The van der Waals surface area contributed by atoms with Gasteiger partial charge in [0.15, 0.2) is 17.3 Å². The summed E-state index contributed by atoms with van der Waals surface area (Å²) >= 11 is 0. The van der Waals surface area contributed by atoms with E-state index >= 15 is 0 Å². The van der Waals surface area contributed by atoms with E-state index in [1.54, 1.807) is 6.92 Å². The van der Waals surface area contributed by atoms with Crippen LogP contribution in [-0.2, 0) is 0 Å². The van der Waals surface area contributed by atoms with Gasteiger partial charge in [0.25, 0.3) is 0 Å². The van der Waals surface area contributed by atoms with Gasteiger partial charge in [-0.25, -0.2) is 0 Å². The Morgan fingerprint density at radius 3 is 1.35 bits per heavy atom. The Balaban J connectivity index is 2.14. The number of hydrogen-bond donors (Lipinski definition) is 3. The molecule has 0 fully saturated rings. The van der Waals surface area contributed by atoms with Crippen LogP contribution in [0.5, 0.6) is 23.0 Å². The van der Waals surface area contributed by atoms with Gasteiger partial charge in [0, 0.05) is 5.56 Å². The average molecular weight is 475 g/mol. The van der Waals surface area contributed by atoms with Gasteiger partial charge in [-0.1, -0.05) is 54.6 Å². The van der Waals surface area contributed by atoms with E-state index in [0.29, 0.717) is 11.1 Å². The highest BCUT2D eigenvalue weighted by molar-refractivity contribution is 7.95. The van der Waals surface area contributed by atoms with Gasteiger partial charge in [-0.2, -0.15) is 0 Å². The largest absolute Gasteiger partial charge is 0.504 e. The van der Waals surface area contributed by atoms with Crippen LogP contribution in [0.25, 0.3) is 0 Å². The molecule has 0 bridgehead atoms. The first-order valence-corrected chi connectivity index (χ1v) is 12.8. The molecular weight excluding hydrogens is 445 g/mol. The van der Waals surface area contributed by atoms with Gasteiger partial charge in [-0.15, -0.1) is 0 Å². The van der Waals surface area contributed by atoms with Crippen LogP contribution in [-0.4, -0.2) is 24.4 Å². The zero-order chi connectivity index (χ0) is 24.3. The third-order valence-corrected chi connectivity index (χ3v) is 10.7. The normalized spacial score (nSPS) is 12.2. The second-order valence-corrected chi connectivity index (χ2v) is 11.5. The molecular formula is C28H29NO4P+. The van der Waals surface area contributed by atoms with E-state index in [0.717, 1.165) is 15.9 Å². The molecule has 0 aliphatic heterocycles. The van der Waals surface area contributed by atoms with E-state index in [-0.39, 0.29) is 23.0 Å². The average Bonchev–Trinajstić information content (AvgIpc) is 2.88. The second kappa shape index (κ2) is 9.76. The molecule has 0 amide bonds. The summed E-state index contributed by atoms with van der Waals surface area (Å²) in [5.41, 5.74) is 8.12. The Kier molecular flexibility index (Phi) is 6.78. The summed E-state index contributed by atoms with van der Waals surface area (Å²) in [6.07, 6.45) is 0. The van der Waals surface area contributed by atoms with E-state index in [1.807, 2.05) is 54.6 Å². The summed E-state index contributed by atoms with van der Waals surface area (Å²) in [4.78, 5) is 0. The Morgan fingerprint density at radius 1 is 0.647 bits per heavy atom. The van der Waals surface area contributed by atoms with Crippen LogP contribution in [0.3, 0.4) is 0 Å². The quantitative estimate of drug-likeness (QED) is 0.274. The molecule has 0 heterocycles. The van der Waals surface area contributed by atoms with Crippen molar-refractivity contribution < 1.29 is 19.7 Å². The highest BCUT2D eigenvalue weighted by atomic mass is 31.2. The molecule has 5 nitrogen and oxygen atoms in total. The summed E-state index contributed by atoms with van der Waals surface area (Å²) in [5, 5.41) is 25.6. The number of rotatable bonds is 7. The van der Waals surface area contributed by atoms with E-state index in [9.17, 15) is 10.2 Å². The topological polar surface area (TPSA) is 84.9 Å². The van der Waals surface area contributed by atoms with E-state index in [1.165, 1.54) is 14.2 Å². The number of ether oxygens (including phenoxy) is 2. The lowest BCUT2D eigenvalue weighted by atomic mass is 10.0. The summed E-state index contributed by atoms with van der Waals surface area (Å²) < 4.78 is 10.8. The third-order valence-electron chi connectivity index (χ3n) is 6.26. The van der Waals surface area contributed by atoms with Crippen molar-refractivity contribution in [2.75, 3.05) is 14.2 Å². The predicted molar refractivity (Wildman–Crippen MR) is 140 cm³/mol. The lowest BCUT2D eigenvalue weighted by Gasteiger charge is -2.34. The number of benzene rings is 4. The van der Waals surface area contributed by atoms with Crippen molar-refractivity contribution in [3.8, 4) is 23.0 Å². The molecule has 0 aromatic heterocycles. The van der Waals surface area contributed by atoms with Crippen LogP contribution in [0.2, 0.25) is 0 Å². The van der Waals surface area contributed by atoms with Crippen molar-refractivity contribution in [1.82, 2.24) is 0 Å². The molecule has 4 rings (SSSR count). The number of hydrogen-bond acceptors (Lipinski definition) is 5. The molecule has 0 saturated carbocycles. The first-order chi connectivity index (χ1) is 16.5. The highest BCUT2D eigenvalue weighted by Crippen LogP contribution is 2.67. The maximum Gasteiger partial charge on any atom is 0.207 e. The first kappa shape index (κ1) is 23.6. The molecule has 0 saturated heterocycles. The van der Waals surface area contributed by atoms with E-state index in [4.69, 9.17) is 15.2 Å². The number of phenols is 2. The van der Waals surface area contributed by atoms with Gasteiger partial charge in [0.2, 0.25) is 11.5 Å². The van der Waals surface area contributed by atoms with Crippen LogP contribution in [0.1, 0.15) is 16.9 Å². The molecule has 6 heteroatoms. The Morgan fingerprint density at radius 2 is 1.00 bits per heavy atom. The predicted octanol–water partition coefficient (Wildman–Crippen LogP) is 4.37. The zero-order valence-corrected chi connectivity index (χ0v) is 20.4. The van der Waals surface area contributed by atoms with Crippen molar-refractivity contribution in [3.63, 3.8) is 0 Å². The molecule has 0 radical (unpaired) electrons. The molecule has 0 spiro atoms. The summed E-state index contributed by atoms with van der Waals surface area (Å²) in [7, 11) is 0.265. The van der Waals surface area contributed by atoms with Crippen LogP contribution in [0, 0.1) is 6.92 Å². The van der Waals surface area contributed by atoms with Gasteiger partial charge in [-0.3, -0.25) is 5.73 Å². The fourth-order valence-electron chi connectivity index (χ4n) is 4.67. The molecule has 1 atom stereocenters. The minimum absolute atomic E-state index is 0.0586. The van der Waals surface area contributed by atoms with Gasteiger partial charge >= 0.3 is 0 Å². The van der Waals surface area contributed by atoms with Gasteiger partial charge in [0.1, 0.15) is 23.2 Å². The van der Waals surface area contributed by atoms with E-state index < -0.39 is 13.0 Å². The molecule has 1 unspecified atom stereocenters. The Labute approximate surface area is 200 Å². The van der Waals surface area contributed by atoms with Crippen molar-refractivity contribution in [1.29, 1.82) is 0 Å². The second-order valence-electron chi connectivity index (χ2n) is 7.98. The molecule has 0 aliphatic rings. The smallest absolute Gasteiger partial charge is 0.207 e. The van der Waals surface area contributed by atoms with E-state index in [2.05, 4.69) is 36.4 Å². The van der Waals surface area contributed by atoms with Gasteiger partial charge < -0.3 is 19.7 Å². The molecule has 4 aromatic carbocycles. The van der Waals surface area contributed by atoms with Crippen LogP contribution >= 0.6 is 7.26 Å². The van der Waals surface area contributed by atoms with Crippen molar-refractivity contribution in [2.45, 2.75) is 12.7 Å². The number of nitrogens with two attached hydrogens (primary N) is 1. The third kappa shape index (κ3) is 3.67. The minimum atomic E-state index is -2.58. The maximum atomic E-state index is 11.4. The standard InChI is InChI=1S/C28H28NO4P/c1-19-23(25(31)27(33-3)26(32-2)24(19)30)28(29)34(20-13-7-4-8-14-20,21-15-9-5-10-16-21)22-17-11-6-12-18-22/h4-18,28H,29H2,1-3H3,(H-,30,31)/p+1. The van der Waals surface area contributed by atoms with Crippen LogP contribution in [0.15, 0.2) is 91.0 Å². The van der Waals surface area contributed by atoms with Crippen molar-refractivity contribution in [2.24, 2.45) is 5.73 Å². The Bertz CT molecular complexity index is 1170. The number of methoxy groups -OCH3 is 2. The lowest BCUT2D eigenvalue weighted by molar-refractivity contribution is 0.313. The lowest BCUT2D eigenvalue weighted by Crippen LogP contribution is -2.38. The molecule has 174 valence electrons. The monoisotopic (exact) mass is 474 g/mol.